The number of carbonyl (C=O) groups is 1. The molecule has 0 aromatic heterocycles. The van der Waals surface area contributed by atoms with Gasteiger partial charge in [0, 0.05) is 18.7 Å². The van der Waals surface area contributed by atoms with Crippen LogP contribution in [0, 0.1) is 0 Å². The summed E-state index contributed by atoms with van der Waals surface area (Å²) < 4.78 is 0. The van der Waals surface area contributed by atoms with Crippen LogP contribution in [0.2, 0.25) is 0 Å². The van der Waals surface area contributed by atoms with Crippen molar-refractivity contribution in [3.63, 3.8) is 0 Å². The molecule has 4 heteroatoms. The summed E-state index contributed by atoms with van der Waals surface area (Å²) >= 11 is 4.19. The van der Waals surface area contributed by atoms with E-state index in [0.717, 1.165) is 13.1 Å². The lowest BCUT2D eigenvalue weighted by Crippen LogP contribution is -2.34. The molecule has 0 aromatic carbocycles. The molecule has 1 heterocycles. The minimum absolute atomic E-state index is 0.0616. The van der Waals surface area contributed by atoms with E-state index >= 15 is 0 Å². The third kappa shape index (κ3) is 1.59. The molecule has 1 unspecified atom stereocenters. The maximum atomic E-state index is 10.6. The lowest BCUT2D eigenvalue weighted by molar-refractivity contribution is -0.130. The van der Waals surface area contributed by atoms with Gasteiger partial charge in [-0.2, -0.15) is 12.6 Å². The molecule has 1 aliphatic heterocycles. The maximum absolute atomic E-state index is 10.6. The van der Waals surface area contributed by atoms with Crippen LogP contribution in [0.1, 0.15) is 6.92 Å². The number of nitrogens with zero attached hydrogens (tertiary/aromatic N) is 1. The zero-order valence-electron chi connectivity index (χ0n) is 5.29. The van der Waals surface area contributed by atoms with Crippen LogP contribution in [0.25, 0.3) is 0 Å². The molecule has 9 heavy (non-hydrogen) atoms. The number of hydrazine groups is 1. The van der Waals surface area contributed by atoms with Crippen molar-refractivity contribution in [3.05, 3.63) is 0 Å². The van der Waals surface area contributed by atoms with Crippen molar-refractivity contribution in [2.24, 2.45) is 0 Å². The number of thiol groups is 1. The Morgan fingerprint density at radius 3 is 2.78 bits per heavy atom. The molecule has 0 aromatic rings. The first-order chi connectivity index (χ1) is 4.20. The molecule has 0 radical (unpaired) electrons. The second-order valence-electron chi connectivity index (χ2n) is 2.15. The number of hydrogen-bond donors (Lipinski definition) is 2. The molecule has 1 fully saturated rings. The van der Waals surface area contributed by atoms with Crippen LogP contribution in [0.5, 0.6) is 0 Å². The van der Waals surface area contributed by atoms with Crippen LogP contribution in [0.4, 0.5) is 0 Å². The van der Waals surface area contributed by atoms with E-state index in [-0.39, 0.29) is 5.91 Å². The van der Waals surface area contributed by atoms with Gasteiger partial charge in [0.2, 0.25) is 5.91 Å². The smallest absolute Gasteiger partial charge is 0.233 e. The monoisotopic (exact) mass is 146 g/mol. The number of carbonyl (C=O) groups excluding carboxylic acids is 1. The highest BCUT2D eigenvalue weighted by atomic mass is 32.1. The molecule has 52 valence electrons. The van der Waals surface area contributed by atoms with E-state index in [9.17, 15) is 4.79 Å². The van der Waals surface area contributed by atoms with Crippen LogP contribution < -0.4 is 5.43 Å². The molecular formula is C5H10N2OS. The van der Waals surface area contributed by atoms with Gasteiger partial charge in [-0.1, -0.05) is 0 Å². The van der Waals surface area contributed by atoms with Crippen LogP contribution >= 0.6 is 12.6 Å². The molecule has 1 N–H and O–H groups in total. The topological polar surface area (TPSA) is 32.3 Å². The molecule has 1 saturated heterocycles. The highest BCUT2D eigenvalue weighted by Crippen LogP contribution is 2.03. The summed E-state index contributed by atoms with van der Waals surface area (Å²) in [6.07, 6.45) is 0. The number of rotatable bonds is 0. The Hall–Kier alpha value is -0.220. The van der Waals surface area contributed by atoms with Gasteiger partial charge in [-0.05, 0) is 0 Å². The molecule has 0 spiro atoms. The maximum Gasteiger partial charge on any atom is 0.233 e. The minimum atomic E-state index is 0.0616. The highest BCUT2D eigenvalue weighted by Gasteiger charge is 2.19. The van der Waals surface area contributed by atoms with Crippen LogP contribution in [0.15, 0.2) is 0 Å². The standard InChI is InChI=1S/C5H10N2OS/c1-4(8)7-3-5(9)2-6-7/h5-6,9H,2-3H2,1H3. The summed E-state index contributed by atoms with van der Waals surface area (Å²) in [5.41, 5.74) is 2.91. The quantitative estimate of drug-likeness (QED) is 0.458. The van der Waals surface area contributed by atoms with Crippen molar-refractivity contribution in [2.75, 3.05) is 13.1 Å². The Morgan fingerprint density at radius 1 is 1.89 bits per heavy atom. The Kier molecular flexibility index (Phi) is 1.97. The van der Waals surface area contributed by atoms with E-state index in [1.807, 2.05) is 0 Å². The predicted molar refractivity (Wildman–Crippen MR) is 38.2 cm³/mol. The van der Waals surface area contributed by atoms with Crippen LogP contribution in [0.3, 0.4) is 0 Å². The fourth-order valence-electron chi connectivity index (χ4n) is 0.795. The van der Waals surface area contributed by atoms with Crippen molar-refractivity contribution in [3.8, 4) is 0 Å². The average Bonchev–Trinajstić information content (AvgIpc) is 2.14. The van der Waals surface area contributed by atoms with Crippen LogP contribution in [-0.4, -0.2) is 29.3 Å². The molecule has 0 saturated carbocycles. The summed E-state index contributed by atoms with van der Waals surface area (Å²) in [5.74, 6) is 0.0616. The van der Waals surface area contributed by atoms with Gasteiger partial charge in [0.1, 0.15) is 0 Å². The summed E-state index contributed by atoms with van der Waals surface area (Å²) in [6.45, 7) is 3.06. The second kappa shape index (κ2) is 2.58. The van der Waals surface area contributed by atoms with E-state index in [1.165, 1.54) is 0 Å². The Labute approximate surface area is 59.8 Å². The first kappa shape index (κ1) is 6.89. The van der Waals surface area contributed by atoms with Gasteiger partial charge in [0.05, 0.1) is 6.54 Å². The summed E-state index contributed by atoms with van der Waals surface area (Å²) in [6, 6.07) is 0. The van der Waals surface area contributed by atoms with Crippen molar-refractivity contribution < 1.29 is 4.79 Å². The van der Waals surface area contributed by atoms with Gasteiger partial charge in [-0.25, -0.2) is 5.43 Å². The summed E-state index contributed by atoms with van der Waals surface area (Å²) in [5, 5.41) is 1.88. The predicted octanol–water partition coefficient (Wildman–Crippen LogP) is -0.348. The van der Waals surface area contributed by atoms with Crippen molar-refractivity contribution in [1.82, 2.24) is 10.4 Å². The summed E-state index contributed by atoms with van der Waals surface area (Å²) in [7, 11) is 0. The Balaban J connectivity index is 2.39. The normalized spacial score (nSPS) is 26.9. The molecule has 3 nitrogen and oxygen atoms in total. The van der Waals surface area contributed by atoms with Crippen molar-refractivity contribution in [2.45, 2.75) is 12.2 Å². The lowest BCUT2D eigenvalue weighted by Gasteiger charge is -2.11. The highest BCUT2D eigenvalue weighted by molar-refractivity contribution is 7.81. The van der Waals surface area contributed by atoms with Gasteiger partial charge in [0.25, 0.3) is 0 Å². The van der Waals surface area contributed by atoms with Gasteiger partial charge in [0.15, 0.2) is 0 Å². The lowest BCUT2D eigenvalue weighted by atomic mass is 10.4. The van der Waals surface area contributed by atoms with E-state index in [4.69, 9.17) is 0 Å². The fraction of sp³-hybridized carbons (Fsp3) is 0.800. The third-order valence-electron chi connectivity index (χ3n) is 1.29. The molecular weight excluding hydrogens is 136 g/mol. The number of nitrogens with one attached hydrogen (secondary N) is 1. The van der Waals surface area contributed by atoms with Gasteiger partial charge >= 0.3 is 0 Å². The van der Waals surface area contributed by atoms with E-state index in [1.54, 1.807) is 11.9 Å². The SMILES string of the molecule is CC(=O)N1CC(S)CN1. The van der Waals surface area contributed by atoms with Gasteiger partial charge in [-0.3, -0.25) is 9.80 Å². The van der Waals surface area contributed by atoms with E-state index in [0.29, 0.717) is 5.25 Å². The van der Waals surface area contributed by atoms with E-state index in [2.05, 4.69) is 18.1 Å². The summed E-state index contributed by atoms with van der Waals surface area (Å²) in [4.78, 5) is 10.6. The van der Waals surface area contributed by atoms with Crippen molar-refractivity contribution >= 4 is 18.5 Å². The largest absolute Gasteiger partial charge is 0.277 e. The van der Waals surface area contributed by atoms with Crippen LogP contribution in [-0.2, 0) is 4.79 Å². The molecule has 1 rings (SSSR count). The molecule has 0 bridgehead atoms. The third-order valence-corrected chi connectivity index (χ3v) is 1.64. The molecule has 1 amide bonds. The minimum Gasteiger partial charge on any atom is -0.277 e. The Bertz CT molecular complexity index is 128. The van der Waals surface area contributed by atoms with Gasteiger partial charge < -0.3 is 0 Å². The number of amides is 1. The second-order valence-corrected chi connectivity index (χ2v) is 2.88. The molecule has 0 aliphatic carbocycles. The first-order valence-corrected chi connectivity index (χ1v) is 3.41. The zero-order chi connectivity index (χ0) is 6.85. The average molecular weight is 146 g/mol. The molecule has 1 atom stereocenters. The first-order valence-electron chi connectivity index (χ1n) is 2.90. The van der Waals surface area contributed by atoms with Gasteiger partial charge in [-0.15, -0.1) is 0 Å². The van der Waals surface area contributed by atoms with E-state index < -0.39 is 0 Å². The Morgan fingerprint density at radius 2 is 2.56 bits per heavy atom. The fourth-order valence-corrected chi connectivity index (χ4v) is 1.04. The number of hydrogen-bond acceptors (Lipinski definition) is 3. The van der Waals surface area contributed by atoms with Crippen molar-refractivity contribution in [1.29, 1.82) is 0 Å². The molecule has 1 aliphatic rings. The zero-order valence-corrected chi connectivity index (χ0v) is 6.19.